The van der Waals surface area contributed by atoms with E-state index in [0.717, 1.165) is 24.9 Å². The van der Waals surface area contributed by atoms with Gasteiger partial charge in [-0.2, -0.15) is 0 Å². The average molecular weight is 305 g/mol. The van der Waals surface area contributed by atoms with Crippen molar-refractivity contribution in [2.45, 2.75) is 53.2 Å². The SMILES string of the molecule is CC(C)CCN(C)C(CC(C)C)C(=O)OCc1ccccc1. The van der Waals surface area contributed by atoms with Crippen molar-refractivity contribution in [3.05, 3.63) is 35.9 Å². The molecule has 1 unspecified atom stereocenters. The van der Waals surface area contributed by atoms with Crippen LogP contribution in [0, 0.1) is 11.8 Å². The number of likely N-dealkylation sites (N-methyl/N-ethyl adjacent to an activating group) is 1. The van der Waals surface area contributed by atoms with Crippen LogP contribution in [0.2, 0.25) is 0 Å². The molecule has 0 aliphatic rings. The van der Waals surface area contributed by atoms with E-state index in [9.17, 15) is 4.79 Å². The second kappa shape index (κ2) is 9.62. The average Bonchev–Trinajstić information content (AvgIpc) is 2.48. The van der Waals surface area contributed by atoms with Crippen molar-refractivity contribution < 1.29 is 9.53 Å². The molecule has 0 aliphatic heterocycles. The van der Waals surface area contributed by atoms with Gasteiger partial charge in [0.1, 0.15) is 12.6 Å². The van der Waals surface area contributed by atoms with Crippen LogP contribution in [0.3, 0.4) is 0 Å². The molecule has 0 aromatic heterocycles. The van der Waals surface area contributed by atoms with E-state index in [1.54, 1.807) is 0 Å². The Labute approximate surface area is 135 Å². The molecule has 0 bridgehead atoms. The summed E-state index contributed by atoms with van der Waals surface area (Å²) in [5.74, 6) is 1.00. The monoisotopic (exact) mass is 305 g/mol. The van der Waals surface area contributed by atoms with Gasteiger partial charge in [-0.25, -0.2) is 0 Å². The quantitative estimate of drug-likeness (QED) is 0.643. The van der Waals surface area contributed by atoms with Crippen LogP contribution in [0.15, 0.2) is 30.3 Å². The van der Waals surface area contributed by atoms with E-state index >= 15 is 0 Å². The molecule has 1 rings (SSSR count). The molecule has 0 radical (unpaired) electrons. The predicted molar refractivity (Wildman–Crippen MR) is 91.6 cm³/mol. The highest BCUT2D eigenvalue weighted by Crippen LogP contribution is 2.15. The lowest BCUT2D eigenvalue weighted by Crippen LogP contribution is -2.41. The topological polar surface area (TPSA) is 29.5 Å². The van der Waals surface area contributed by atoms with Crippen molar-refractivity contribution in [3.63, 3.8) is 0 Å². The first-order valence-corrected chi connectivity index (χ1v) is 8.31. The van der Waals surface area contributed by atoms with E-state index < -0.39 is 0 Å². The van der Waals surface area contributed by atoms with E-state index in [0.29, 0.717) is 18.4 Å². The zero-order valence-corrected chi connectivity index (χ0v) is 14.7. The minimum Gasteiger partial charge on any atom is -0.460 e. The summed E-state index contributed by atoms with van der Waals surface area (Å²) in [4.78, 5) is 14.6. The molecule has 1 aromatic carbocycles. The van der Waals surface area contributed by atoms with Crippen molar-refractivity contribution in [3.8, 4) is 0 Å². The molecular formula is C19H31NO2. The normalized spacial score (nSPS) is 12.9. The van der Waals surface area contributed by atoms with Gasteiger partial charge in [0, 0.05) is 0 Å². The Balaban J connectivity index is 2.59. The summed E-state index contributed by atoms with van der Waals surface area (Å²) in [5, 5.41) is 0. The number of nitrogens with zero attached hydrogens (tertiary/aromatic N) is 1. The molecule has 0 amide bonds. The van der Waals surface area contributed by atoms with E-state index in [-0.39, 0.29) is 12.0 Å². The number of rotatable bonds is 9. The van der Waals surface area contributed by atoms with Crippen molar-refractivity contribution in [1.29, 1.82) is 0 Å². The molecule has 0 saturated carbocycles. The predicted octanol–water partition coefficient (Wildman–Crippen LogP) is 4.12. The Morgan fingerprint density at radius 2 is 1.73 bits per heavy atom. The van der Waals surface area contributed by atoms with Crippen molar-refractivity contribution in [1.82, 2.24) is 4.90 Å². The maximum absolute atomic E-state index is 12.5. The third-order valence-corrected chi connectivity index (χ3v) is 3.78. The summed E-state index contributed by atoms with van der Waals surface area (Å²) in [6.45, 7) is 9.99. The molecule has 124 valence electrons. The van der Waals surface area contributed by atoms with Gasteiger partial charge in [0.15, 0.2) is 0 Å². The van der Waals surface area contributed by atoms with Crippen molar-refractivity contribution in [2.24, 2.45) is 11.8 Å². The first kappa shape index (κ1) is 18.7. The first-order chi connectivity index (χ1) is 10.4. The number of benzene rings is 1. The molecule has 0 fully saturated rings. The standard InChI is InChI=1S/C19H31NO2/c1-15(2)11-12-20(5)18(13-16(3)4)19(21)22-14-17-9-7-6-8-10-17/h6-10,15-16,18H,11-14H2,1-5H3. The maximum Gasteiger partial charge on any atom is 0.323 e. The van der Waals surface area contributed by atoms with Crippen LogP contribution in [-0.2, 0) is 16.1 Å². The van der Waals surface area contributed by atoms with Crippen LogP contribution < -0.4 is 0 Å². The fraction of sp³-hybridized carbons (Fsp3) is 0.632. The summed E-state index contributed by atoms with van der Waals surface area (Å²) in [5.41, 5.74) is 1.03. The number of hydrogen-bond acceptors (Lipinski definition) is 3. The number of ether oxygens (including phenoxy) is 1. The summed E-state index contributed by atoms with van der Waals surface area (Å²) < 4.78 is 5.54. The first-order valence-electron chi connectivity index (χ1n) is 8.31. The van der Waals surface area contributed by atoms with Gasteiger partial charge in [0.05, 0.1) is 0 Å². The third-order valence-electron chi connectivity index (χ3n) is 3.78. The van der Waals surface area contributed by atoms with Crippen LogP contribution in [0.4, 0.5) is 0 Å². The molecule has 1 aromatic rings. The third kappa shape index (κ3) is 7.08. The maximum atomic E-state index is 12.5. The van der Waals surface area contributed by atoms with Crippen molar-refractivity contribution in [2.75, 3.05) is 13.6 Å². The Morgan fingerprint density at radius 3 is 2.27 bits per heavy atom. The number of carbonyl (C=O) groups is 1. The highest BCUT2D eigenvalue weighted by molar-refractivity contribution is 5.75. The Morgan fingerprint density at radius 1 is 1.09 bits per heavy atom. The lowest BCUT2D eigenvalue weighted by Gasteiger charge is -2.28. The minimum atomic E-state index is -0.150. The highest BCUT2D eigenvalue weighted by Gasteiger charge is 2.25. The van der Waals surface area contributed by atoms with Gasteiger partial charge in [-0.3, -0.25) is 9.69 Å². The van der Waals surface area contributed by atoms with Crippen LogP contribution >= 0.6 is 0 Å². The largest absolute Gasteiger partial charge is 0.460 e. The van der Waals surface area contributed by atoms with Crippen LogP contribution in [-0.4, -0.2) is 30.5 Å². The summed E-state index contributed by atoms with van der Waals surface area (Å²) in [6, 6.07) is 9.70. The van der Waals surface area contributed by atoms with Gasteiger partial charge >= 0.3 is 5.97 Å². The molecule has 0 saturated heterocycles. The van der Waals surface area contributed by atoms with Crippen LogP contribution in [0.25, 0.3) is 0 Å². The smallest absolute Gasteiger partial charge is 0.323 e. The van der Waals surface area contributed by atoms with Crippen LogP contribution in [0.1, 0.15) is 46.1 Å². The van der Waals surface area contributed by atoms with Crippen molar-refractivity contribution >= 4 is 5.97 Å². The molecule has 22 heavy (non-hydrogen) atoms. The van der Waals surface area contributed by atoms with Gasteiger partial charge in [0.2, 0.25) is 0 Å². The highest BCUT2D eigenvalue weighted by atomic mass is 16.5. The summed E-state index contributed by atoms with van der Waals surface area (Å²) in [7, 11) is 2.03. The fourth-order valence-corrected chi connectivity index (χ4v) is 2.35. The van der Waals surface area contributed by atoms with Crippen LogP contribution in [0.5, 0.6) is 0 Å². The number of esters is 1. The van der Waals surface area contributed by atoms with Gasteiger partial charge in [0.25, 0.3) is 0 Å². The van der Waals surface area contributed by atoms with Gasteiger partial charge in [-0.15, -0.1) is 0 Å². The molecule has 3 heteroatoms. The van der Waals surface area contributed by atoms with Gasteiger partial charge < -0.3 is 4.74 Å². The molecule has 0 heterocycles. The lowest BCUT2D eigenvalue weighted by atomic mass is 10.0. The molecule has 3 nitrogen and oxygen atoms in total. The van der Waals surface area contributed by atoms with E-state index in [1.165, 1.54) is 0 Å². The summed E-state index contributed by atoms with van der Waals surface area (Å²) in [6.07, 6.45) is 1.93. The molecule has 0 N–H and O–H groups in total. The Kier molecular flexibility index (Phi) is 8.18. The molecular weight excluding hydrogens is 274 g/mol. The minimum absolute atomic E-state index is 0.108. The number of hydrogen-bond donors (Lipinski definition) is 0. The summed E-state index contributed by atoms with van der Waals surface area (Å²) >= 11 is 0. The van der Waals surface area contributed by atoms with Gasteiger partial charge in [-0.05, 0) is 43.8 Å². The zero-order chi connectivity index (χ0) is 16.5. The van der Waals surface area contributed by atoms with E-state index in [1.807, 2.05) is 37.4 Å². The fourth-order valence-electron chi connectivity index (χ4n) is 2.35. The molecule has 0 spiro atoms. The van der Waals surface area contributed by atoms with Gasteiger partial charge in [-0.1, -0.05) is 58.0 Å². The lowest BCUT2D eigenvalue weighted by molar-refractivity contribution is -0.151. The second-order valence-electron chi connectivity index (χ2n) is 6.90. The Hall–Kier alpha value is -1.35. The molecule has 0 aliphatic carbocycles. The van der Waals surface area contributed by atoms with E-state index in [4.69, 9.17) is 4.74 Å². The molecule has 1 atom stereocenters. The number of carbonyl (C=O) groups excluding carboxylic acids is 1. The Bertz CT molecular complexity index is 428. The van der Waals surface area contributed by atoms with E-state index in [2.05, 4.69) is 32.6 Å². The zero-order valence-electron chi connectivity index (χ0n) is 14.7. The second-order valence-corrected chi connectivity index (χ2v) is 6.90.